The molecule has 0 amide bonds. The molecule has 0 N–H and O–H groups in total. The molecule has 0 spiro atoms. The summed E-state index contributed by atoms with van der Waals surface area (Å²) in [7, 11) is 0.906. The van der Waals surface area contributed by atoms with E-state index in [1.54, 1.807) is 27.4 Å². The van der Waals surface area contributed by atoms with E-state index in [1.165, 1.54) is 42.9 Å². The van der Waals surface area contributed by atoms with E-state index in [2.05, 4.69) is 45.0 Å². The normalized spacial score (nSPS) is 13.7. The molecule has 0 aliphatic heterocycles. The predicted molar refractivity (Wildman–Crippen MR) is 88.4 cm³/mol. The maximum absolute atomic E-state index is 2.50. The van der Waals surface area contributed by atoms with Crippen molar-refractivity contribution in [3.63, 3.8) is 0 Å². The Bertz CT molecular complexity index is 625. The molecule has 21 heavy (non-hydrogen) atoms. The molecule has 2 aromatic carbocycles. The maximum Gasteiger partial charge on any atom is 0.0837 e. The standard InChI is InChI=1S/C19H23Si.Ti/c1-13-7-6-10-19(14(13)2)20-12-17-11-16-8-4-5-9-18(16)15(17)3;/h6-7,10-11H,4-5,8-9,12H2,1-3H3;/q-1;. The molecule has 2 radical (unpaired) electrons. The summed E-state index contributed by atoms with van der Waals surface area (Å²) in [5.41, 5.74) is 9.44. The fourth-order valence-corrected chi connectivity index (χ4v) is 4.77. The average Bonchev–Trinajstić information content (AvgIpc) is 2.78. The second-order valence-electron chi connectivity index (χ2n) is 6.11. The Kier molecular flexibility index (Phi) is 5.76. The van der Waals surface area contributed by atoms with Gasteiger partial charge in [-0.05, 0) is 25.0 Å². The third-order valence-corrected chi connectivity index (χ3v) is 6.35. The minimum Gasteiger partial charge on any atom is -0.207 e. The zero-order valence-electron chi connectivity index (χ0n) is 13.3. The molecule has 108 valence electrons. The Morgan fingerprint density at radius 2 is 1.90 bits per heavy atom. The summed E-state index contributed by atoms with van der Waals surface area (Å²) in [5.74, 6) is 0. The number of benzene rings is 1. The first-order valence-electron chi connectivity index (χ1n) is 7.74. The van der Waals surface area contributed by atoms with Crippen molar-refractivity contribution in [3.05, 3.63) is 57.6 Å². The van der Waals surface area contributed by atoms with Crippen molar-refractivity contribution in [1.82, 2.24) is 0 Å². The Labute approximate surface area is 146 Å². The second kappa shape index (κ2) is 7.18. The molecule has 0 aromatic heterocycles. The van der Waals surface area contributed by atoms with Crippen molar-refractivity contribution in [1.29, 1.82) is 0 Å². The van der Waals surface area contributed by atoms with Crippen LogP contribution in [-0.4, -0.2) is 9.52 Å². The van der Waals surface area contributed by atoms with E-state index in [0.29, 0.717) is 0 Å². The van der Waals surface area contributed by atoms with Gasteiger partial charge >= 0.3 is 0 Å². The van der Waals surface area contributed by atoms with Gasteiger partial charge in [-0.2, -0.15) is 22.3 Å². The van der Waals surface area contributed by atoms with Crippen molar-refractivity contribution in [2.75, 3.05) is 0 Å². The van der Waals surface area contributed by atoms with Gasteiger partial charge in [0.15, 0.2) is 0 Å². The summed E-state index contributed by atoms with van der Waals surface area (Å²) in [6, 6.07) is 10.5. The van der Waals surface area contributed by atoms with E-state index in [9.17, 15) is 0 Å². The fourth-order valence-electron chi connectivity index (χ4n) is 3.35. The van der Waals surface area contributed by atoms with Crippen LogP contribution >= 0.6 is 0 Å². The van der Waals surface area contributed by atoms with Crippen LogP contribution in [-0.2, 0) is 40.6 Å². The van der Waals surface area contributed by atoms with E-state index in [1.807, 2.05) is 0 Å². The van der Waals surface area contributed by atoms with Gasteiger partial charge in [0.1, 0.15) is 0 Å². The number of hydrogen-bond acceptors (Lipinski definition) is 0. The van der Waals surface area contributed by atoms with E-state index < -0.39 is 0 Å². The van der Waals surface area contributed by atoms with Gasteiger partial charge in [-0.15, -0.1) is 0 Å². The third kappa shape index (κ3) is 3.47. The van der Waals surface area contributed by atoms with Crippen LogP contribution < -0.4 is 5.19 Å². The molecular formula is C19H23SiTi-. The molecule has 0 saturated carbocycles. The molecule has 0 nitrogen and oxygen atoms in total. The van der Waals surface area contributed by atoms with Crippen LogP contribution in [0.5, 0.6) is 0 Å². The molecule has 1 aliphatic rings. The summed E-state index contributed by atoms with van der Waals surface area (Å²) in [6.07, 6.45) is 5.39. The largest absolute Gasteiger partial charge is 0.207 e. The van der Waals surface area contributed by atoms with Crippen LogP contribution in [0.15, 0.2) is 24.3 Å². The van der Waals surface area contributed by atoms with E-state index >= 15 is 0 Å². The van der Waals surface area contributed by atoms with Crippen LogP contribution in [0.4, 0.5) is 0 Å². The molecule has 0 bridgehead atoms. The third-order valence-electron chi connectivity index (χ3n) is 4.87. The van der Waals surface area contributed by atoms with Crippen LogP contribution in [0, 0.1) is 20.8 Å². The van der Waals surface area contributed by atoms with Gasteiger partial charge in [-0.25, -0.2) is 6.07 Å². The number of fused-ring (bicyclic) bond motifs is 1. The van der Waals surface area contributed by atoms with Crippen LogP contribution in [0.1, 0.15) is 46.2 Å². The topological polar surface area (TPSA) is 0 Å². The van der Waals surface area contributed by atoms with Gasteiger partial charge < -0.3 is 0 Å². The maximum atomic E-state index is 2.50. The number of hydrogen-bond donors (Lipinski definition) is 0. The van der Waals surface area contributed by atoms with Gasteiger partial charge in [-0.3, -0.25) is 0 Å². The first-order valence-corrected chi connectivity index (χ1v) is 8.94. The molecular weight excluding hydrogens is 304 g/mol. The minimum absolute atomic E-state index is 0. The van der Waals surface area contributed by atoms with Gasteiger partial charge in [0.2, 0.25) is 0 Å². The molecule has 0 unspecified atom stereocenters. The summed E-state index contributed by atoms with van der Waals surface area (Å²) >= 11 is 0. The van der Waals surface area contributed by atoms with Crippen molar-refractivity contribution < 1.29 is 21.7 Å². The van der Waals surface area contributed by atoms with Gasteiger partial charge in [-0.1, -0.05) is 62.0 Å². The Balaban J connectivity index is 0.00000161. The second-order valence-corrected chi connectivity index (χ2v) is 7.35. The summed E-state index contributed by atoms with van der Waals surface area (Å²) in [6.45, 7) is 6.82. The molecule has 2 aromatic rings. The van der Waals surface area contributed by atoms with Crippen LogP contribution in [0.2, 0.25) is 0 Å². The Morgan fingerprint density at radius 3 is 2.67 bits per heavy atom. The van der Waals surface area contributed by atoms with Crippen LogP contribution in [0.25, 0.3) is 0 Å². The van der Waals surface area contributed by atoms with E-state index in [-0.39, 0.29) is 21.7 Å². The quantitative estimate of drug-likeness (QED) is 0.595. The number of aryl methyl sites for hydroxylation is 2. The van der Waals surface area contributed by atoms with E-state index in [0.717, 1.165) is 9.52 Å². The average molecular weight is 327 g/mol. The zero-order chi connectivity index (χ0) is 14.1. The zero-order valence-corrected chi connectivity index (χ0v) is 15.9. The molecule has 3 rings (SSSR count). The molecule has 0 fully saturated rings. The fraction of sp³-hybridized carbons (Fsp3) is 0.421. The molecule has 2 heteroatoms. The van der Waals surface area contributed by atoms with Crippen molar-refractivity contribution in [2.24, 2.45) is 0 Å². The molecule has 0 saturated heterocycles. The van der Waals surface area contributed by atoms with Crippen molar-refractivity contribution in [2.45, 2.75) is 52.5 Å². The molecule has 0 atom stereocenters. The minimum atomic E-state index is 0. The smallest absolute Gasteiger partial charge is 0.0837 e. The molecule has 1 aliphatic carbocycles. The first kappa shape index (κ1) is 16.9. The van der Waals surface area contributed by atoms with Crippen LogP contribution in [0.3, 0.4) is 0 Å². The SMILES string of the molecule is Cc1cccc([Si]Cc2cc3c([c-]2C)CCCC3)c1C.[Ti]. The first-order chi connectivity index (χ1) is 9.66. The van der Waals surface area contributed by atoms with Gasteiger partial charge in [0, 0.05) is 21.7 Å². The number of rotatable bonds is 3. The summed E-state index contributed by atoms with van der Waals surface area (Å²) < 4.78 is 0. The Hall–Kier alpha value is -0.499. The summed E-state index contributed by atoms with van der Waals surface area (Å²) in [5, 5.41) is 1.54. The van der Waals surface area contributed by atoms with Crippen molar-refractivity contribution in [3.8, 4) is 0 Å². The van der Waals surface area contributed by atoms with Gasteiger partial charge in [0.25, 0.3) is 0 Å². The Morgan fingerprint density at radius 1 is 1.14 bits per heavy atom. The van der Waals surface area contributed by atoms with Gasteiger partial charge in [0.05, 0.1) is 9.52 Å². The van der Waals surface area contributed by atoms with Crippen molar-refractivity contribution >= 4 is 14.7 Å². The predicted octanol–water partition coefficient (Wildman–Crippen LogP) is 3.74. The van der Waals surface area contributed by atoms with E-state index in [4.69, 9.17) is 0 Å². The molecule has 0 heterocycles. The monoisotopic (exact) mass is 327 g/mol. The summed E-state index contributed by atoms with van der Waals surface area (Å²) in [4.78, 5) is 0.